The molecule has 1 N–H and O–H groups in total. The van der Waals surface area contributed by atoms with E-state index >= 15 is 0 Å². The summed E-state index contributed by atoms with van der Waals surface area (Å²) in [7, 11) is 3.18. The molecule has 0 bridgehead atoms. The van der Waals surface area contributed by atoms with Crippen molar-refractivity contribution in [1.82, 2.24) is 10.2 Å². The maximum atomic E-state index is 13.4. The largest absolute Gasteiger partial charge is 0.493 e. The van der Waals surface area contributed by atoms with Crippen molar-refractivity contribution in [3.8, 4) is 11.5 Å². The molecule has 3 aromatic carbocycles. The molecule has 0 fully saturated rings. The first-order valence-corrected chi connectivity index (χ1v) is 11.4. The average molecular weight is 481 g/mol. The first-order chi connectivity index (χ1) is 16.4. The van der Waals surface area contributed by atoms with Gasteiger partial charge in [0.15, 0.2) is 11.5 Å². The van der Waals surface area contributed by atoms with Crippen LogP contribution in [-0.2, 0) is 22.6 Å². The Morgan fingerprint density at radius 2 is 1.56 bits per heavy atom. The van der Waals surface area contributed by atoms with Crippen LogP contribution in [0.4, 0.5) is 0 Å². The Morgan fingerprint density at radius 1 is 0.912 bits per heavy atom. The van der Waals surface area contributed by atoms with E-state index in [1.807, 2.05) is 60.7 Å². The molecule has 0 radical (unpaired) electrons. The fraction of sp³-hybridized carbons (Fsp3) is 0.259. The van der Waals surface area contributed by atoms with Crippen molar-refractivity contribution < 1.29 is 19.1 Å². The number of benzene rings is 3. The van der Waals surface area contributed by atoms with E-state index in [1.165, 1.54) is 6.92 Å². The van der Waals surface area contributed by atoms with Crippen molar-refractivity contribution in [2.75, 3.05) is 20.8 Å². The second-order valence-corrected chi connectivity index (χ2v) is 8.25. The van der Waals surface area contributed by atoms with Gasteiger partial charge in [0.05, 0.1) is 14.2 Å². The Kier molecular flexibility index (Phi) is 8.93. The highest BCUT2D eigenvalue weighted by Crippen LogP contribution is 2.28. The van der Waals surface area contributed by atoms with Crippen molar-refractivity contribution in [3.05, 3.63) is 94.5 Å². The fourth-order valence-electron chi connectivity index (χ4n) is 3.74. The maximum Gasteiger partial charge on any atom is 0.247 e. The molecule has 1 atom stereocenters. The van der Waals surface area contributed by atoms with Gasteiger partial charge < -0.3 is 19.7 Å². The number of nitrogens with one attached hydrogen (secondary N) is 1. The van der Waals surface area contributed by atoms with Gasteiger partial charge >= 0.3 is 0 Å². The fourth-order valence-corrected chi connectivity index (χ4v) is 3.87. The van der Waals surface area contributed by atoms with Gasteiger partial charge in [-0.05, 0) is 47.4 Å². The van der Waals surface area contributed by atoms with E-state index in [4.69, 9.17) is 21.1 Å². The molecule has 0 unspecified atom stereocenters. The molecular weight excluding hydrogens is 452 g/mol. The third-order valence-corrected chi connectivity index (χ3v) is 5.76. The van der Waals surface area contributed by atoms with Crippen LogP contribution < -0.4 is 14.8 Å². The molecule has 3 rings (SSSR count). The summed E-state index contributed by atoms with van der Waals surface area (Å²) < 4.78 is 10.6. The molecule has 0 heterocycles. The minimum Gasteiger partial charge on any atom is -0.493 e. The average Bonchev–Trinajstić information content (AvgIpc) is 2.85. The number of carbonyl (C=O) groups is 2. The van der Waals surface area contributed by atoms with E-state index in [9.17, 15) is 9.59 Å². The van der Waals surface area contributed by atoms with Crippen LogP contribution in [0, 0.1) is 0 Å². The van der Waals surface area contributed by atoms with Crippen LogP contribution in [0.2, 0.25) is 5.02 Å². The summed E-state index contributed by atoms with van der Waals surface area (Å²) in [6.07, 6.45) is 0.602. The van der Waals surface area contributed by atoms with E-state index in [-0.39, 0.29) is 18.4 Å². The van der Waals surface area contributed by atoms with Crippen LogP contribution in [0.1, 0.15) is 29.7 Å². The van der Waals surface area contributed by atoms with Crippen LogP contribution in [0.3, 0.4) is 0 Å². The number of carbonyl (C=O) groups excluding carboxylic acids is 2. The first-order valence-electron chi connectivity index (χ1n) is 11.0. The van der Waals surface area contributed by atoms with Gasteiger partial charge in [-0.15, -0.1) is 0 Å². The third kappa shape index (κ3) is 6.51. The van der Waals surface area contributed by atoms with Crippen molar-refractivity contribution in [3.63, 3.8) is 0 Å². The normalized spacial score (nSPS) is 11.4. The zero-order valence-corrected chi connectivity index (χ0v) is 20.3. The Bertz CT molecular complexity index is 1100. The molecule has 0 aliphatic rings. The molecule has 3 aromatic rings. The van der Waals surface area contributed by atoms with Crippen molar-refractivity contribution >= 4 is 23.4 Å². The minimum absolute atomic E-state index is 0.196. The summed E-state index contributed by atoms with van der Waals surface area (Å²) >= 11 is 6.00. The van der Waals surface area contributed by atoms with Crippen molar-refractivity contribution in [2.24, 2.45) is 0 Å². The van der Waals surface area contributed by atoms with Gasteiger partial charge in [-0.3, -0.25) is 9.59 Å². The topological polar surface area (TPSA) is 67.9 Å². The van der Waals surface area contributed by atoms with E-state index < -0.39 is 6.04 Å². The molecule has 2 amide bonds. The zero-order valence-electron chi connectivity index (χ0n) is 19.6. The summed E-state index contributed by atoms with van der Waals surface area (Å²) in [5, 5.41) is 3.62. The molecule has 34 heavy (non-hydrogen) atoms. The number of hydrogen-bond donors (Lipinski definition) is 1. The maximum absolute atomic E-state index is 13.4. The van der Waals surface area contributed by atoms with Gasteiger partial charge in [0.2, 0.25) is 11.8 Å². The lowest BCUT2D eigenvalue weighted by Gasteiger charge is -2.30. The molecule has 0 aliphatic carbocycles. The molecule has 0 saturated carbocycles. The van der Waals surface area contributed by atoms with Crippen LogP contribution in [0.25, 0.3) is 0 Å². The highest BCUT2D eigenvalue weighted by Gasteiger charge is 2.29. The molecule has 7 heteroatoms. The Hall–Kier alpha value is -3.51. The number of rotatable bonds is 10. The van der Waals surface area contributed by atoms with Crippen molar-refractivity contribution in [1.29, 1.82) is 0 Å². The SMILES string of the molecule is COc1ccc(CCNC(=O)[C@@H](c2ccccc2)N(Cc2ccc(Cl)cc2)C(C)=O)cc1OC. The summed E-state index contributed by atoms with van der Waals surface area (Å²) in [6.45, 7) is 2.17. The molecule has 178 valence electrons. The lowest BCUT2D eigenvalue weighted by Crippen LogP contribution is -2.43. The lowest BCUT2D eigenvalue weighted by molar-refractivity contribution is -0.140. The summed E-state index contributed by atoms with van der Waals surface area (Å²) in [4.78, 5) is 27.6. The molecular formula is C27H29ClN2O4. The van der Waals surface area contributed by atoms with Crippen LogP contribution in [0.5, 0.6) is 11.5 Å². The zero-order chi connectivity index (χ0) is 24.5. The molecule has 0 spiro atoms. The Balaban J connectivity index is 1.77. The van der Waals surface area contributed by atoms with Crippen LogP contribution >= 0.6 is 11.6 Å². The second-order valence-electron chi connectivity index (χ2n) is 7.82. The standard InChI is InChI=1S/C27H29ClN2O4/c1-19(31)30(18-21-9-12-23(28)13-10-21)26(22-7-5-4-6-8-22)27(32)29-16-15-20-11-14-24(33-2)25(17-20)34-3/h4-14,17,26H,15-16,18H2,1-3H3,(H,29,32)/t26-/m1/s1. The quantitative estimate of drug-likeness (QED) is 0.452. The monoisotopic (exact) mass is 480 g/mol. The number of ether oxygens (including phenoxy) is 2. The highest BCUT2D eigenvalue weighted by molar-refractivity contribution is 6.30. The smallest absolute Gasteiger partial charge is 0.247 e. The predicted molar refractivity (Wildman–Crippen MR) is 133 cm³/mol. The Labute approximate surface area is 205 Å². The summed E-state index contributed by atoms with van der Waals surface area (Å²) in [6, 6.07) is 21.5. The second kappa shape index (κ2) is 12.1. The number of nitrogens with zero attached hydrogens (tertiary/aromatic N) is 1. The highest BCUT2D eigenvalue weighted by atomic mass is 35.5. The van der Waals surface area contributed by atoms with Gasteiger partial charge in [-0.25, -0.2) is 0 Å². The van der Waals surface area contributed by atoms with Gasteiger partial charge in [0.25, 0.3) is 0 Å². The number of hydrogen-bond acceptors (Lipinski definition) is 4. The lowest BCUT2D eigenvalue weighted by atomic mass is 10.0. The summed E-state index contributed by atoms with van der Waals surface area (Å²) in [5.74, 6) is 0.854. The van der Waals surface area contributed by atoms with Gasteiger partial charge in [0, 0.05) is 25.0 Å². The van der Waals surface area contributed by atoms with Crippen LogP contribution in [0.15, 0.2) is 72.8 Å². The van der Waals surface area contributed by atoms with E-state index in [2.05, 4.69) is 5.32 Å². The first kappa shape index (κ1) is 25.1. The van der Waals surface area contributed by atoms with Crippen molar-refractivity contribution in [2.45, 2.75) is 25.9 Å². The molecule has 6 nitrogen and oxygen atoms in total. The minimum atomic E-state index is -0.764. The number of halogens is 1. The van der Waals surface area contributed by atoms with E-state index in [0.29, 0.717) is 29.5 Å². The molecule has 0 aromatic heterocycles. The predicted octanol–water partition coefficient (Wildman–Crippen LogP) is 4.81. The number of amides is 2. The van der Waals surface area contributed by atoms with Gasteiger partial charge in [-0.1, -0.05) is 60.1 Å². The third-order valence-electron chi connectivity index (χ3n) is 5.51. The van der Waals surface area contributed by atoms with E-state index in [0.717, 1.165) is 16.7 Å². The molecule has 0 aliphatic heterocycles. The van der Waals surface area contributed by atoms with Gasteiger partial charge in [0.1, 0.15) is 6.04 Å². The number of methoxy groups -OCH3 is 2. The molecule has 0 saturated heterocycles. The Morgan fingerprint density at radius 3 is 2.18 bits per heavy atom. The van der Waals surface area contributed by atoms with Crippen LogP contribution in [-0.4, -0.2) is 37.5 Å². The summed E-state index contributed by atoms with van der Waals surface area (Å²) in [5.41, 5.74) is 2.63. The van der Waals surface area contributed by atoms with Gasteiger partial charge in [-0.2, -0.15) is 0 Å². The van der Waals surface area contributed by atoms with E-state index in [1.54, 1.807) is 31.3 Å².